The number of hydrogen-bond acceptors (Lipinski definition) is 7. The summed E-state index contributed by atoms with van der Waals surface area (Å²) < 4.78 is 57.4. The first-order valence-corrected chi connectivity index (χ1v) is 15.0. The largest absolute Gasteiger partial charge is 0.469 e. The Morgan fingerprint density at radius 1 is 1.02 bits per heavy atom. The lowest BCUT2D eigenvalue weighted by molar-refractivity contribution is -0.408. The molecule has 10 heteroatoms. The van der Waals surface area contributed by atoms with E-state index in [0.717, 1.165) is 45.4 Å². The second-order valence-electron chi connectivity index (χ2n) is 14.0. The van der Waals surface area contributed by atoms with Crippen molar-refractivity contribution < 1.29 is 46.7 Å². The van der Waals surface area contributed by atoms with Gasteiger partial charge in [0.2, 0.25) is 5.79 Å². The molecule has 1 heterocycles. The van der Waals surface area contributed by atoms with E-state index in [1.165, 1.54) is 14.0 Å². The highest BCUT2D eigenvalue weighted by molar-refractivity contribution is 5.69. The van der Waals surface area contributed by atoms with Crippen LogP contribution in [0.1, 0.15) is 98.8 Å². The summed E-state index contributed by atoms with van der Waals surface area (Å²) in [7, 11) is 1.41. The Kier molecular flexibility index (Phi) is 7.60. The summed E-state index contributed by atoms with van der Waals surface area (Å²) >= 11 is 0. The van der Waals surface area contributed by atoms with Crippen molar-refractivity contribution in [2.24, 2.45) is 46.3 Å². The van der Waals surface area contributed by atoms with Crippen molar-refractivity contribution in [3.63, 3.8) is 0 Å². The Balaban J connectivity index is 1.38. The molecule has 0 bridgehead atoms. The number of alkyl halides is 3. The first kappa shape index (κ1) is 30.1. The lowest BCUT2D eigenvalue weighted by Crippen LogP contribution is -2.60. The quantitative estimate of drug-likeness (QED) is 0.266. The van der Waals surface area contributed by atoms with Crippen LogP contribution in [0.15, 0.2) is 0 Å². The van der Waals surface area contributed by atoms with Crippen molar-refractivity contribution >= 4 is 11.9 Å². The smallest absolute Gasteiger partial charge is 0.446 e. The monoisotopic (exact) mass is 574 g/mol. The molecule has 1 spiro atoms. The SMILES string of the molecule is COC(=O)CC[C@@H](C)[C@H]1CC[C@H]2[C@@H]3CC[C@@H]4C[C@]5(CC[C@]4(C)[C@H]3C[C@H](OC(C)=O)[C@]12C)OO[C@@](C)(C(F)(F)F)O5. The minimum Gasteiger partial charge on any atom is -0.469 e. The van der Waals surface area contributed by atoms with Crippen LogP contribution in [0.4, 0.5) is 13.2 Å². The second-order valence-corrected chi connectivity index (χ2v) is 14.0. The van der Waals surface area contributed by atoms with Gasteiger partial charge in [0.1, 0.15) is 6.10 Å². The summed E-state index contributed by atoms with van der Waals surface area (Å²) in [6, 6.07) is 0. The zero-order valence-corrected chi connectivity index (χ0v) is 24.6. The Hall–Kier alpha value is -1.39. The van der Waals surface area contributed by atoms with E-state index in [1.54, 1.807) is 0 Å². The van der Waals surface area contributed by atoms with Crippen molar-refractivity contribution in [1.82, 2.24) is 0 Å². The number of methoxy groups -OCH3 is 1. The fraction of sp³-hybridized carbons (Fsp3) is 0.933. The maximum absolute atomic E-state index is 13.6. The van der Waals surface area contributed by atoms with Gasteiger partial charge in [-0.3, -0.25) is 9.59 Å². The zero-order chi connectivity index (χ0) is 29.3. The van der Waals surface area contributed by atoms with Crippen molar-refractivity contribution in [3.8, 4) is 0 Å². The van der Waals surface area contributed by atoms with Crippen molar-refractivity contribution in [2.45, 2.75) is 123 Å². The van der Waals surface area contributed by atoms with Crippen molar-refractivity contribution in [3.05, 3.63) is 0 Å². The lowest BCUT2D eigenvalue weighted by atomic mass is 9.43. The standard InChI is InChI=1S/C30H45F3O7/c1-17(7-12-25(35)36-6)21-10-11-22-20-9-8-19-16-29(38-28(5,39-40-29)30(31,32)33)14-13-26(19,3)23(20)15-24(27(21,22)4)37-18(2)34/h17,19-24H,7-16H2,1-6H3/t17-,19-,20+,21-,22+,23+,24+,26+,27-,28+,29+/m1/s1. The van der Waals surface area contributed by atoms with E-state index in [9.17, 15) is 22.8 Å². The number of ether oxygens (including phenoxy) is 3. The van der Waals surface area contributed by atoms with Crippen LogP contribution in [0.25, 0.3) is 0 Å². The molecule has 0 amide bonds. The number of halogens is 3. The van der Waals surface area contributed by atoms with Crippen LogP contribution < -0.4 is 0 Å². The molecule has 0 aromatic heterocycles. The van der Waals surface area contributed by atoms with E-state index in [2.05, 4.69) is 20.8 Å². The summed E-state index contributed by atoms with van der Waals surface area (Å²) in [5, 5.41) is 0. The number of carbonyl (C=O) groups excluding carboxylic acids is 2. The van der Waals surface area contributed by atoms with Crippen LogP contribution >= 0.6 is 0 Å². The minimum atomic E-state index is -4.70. The summed E-state index contributed by atoms with van der Waals surface area (Å²) in [5.41, 5.74) is -0.325. The topological polar surface area (TPSA) is 80.3 Å². The summed E-state index contributed by atoms with van der Waals surface area (Å²) in [6.07, 6.45) is 2.20. The van der Waals surface area contributed by atoms with Gasteiger partial charge < -0.3 is 14.2 Å². The molecule has 11 atom stereocenters. The molecule has 0 unspecified atom stereocenters. The number of fused-ring (bicyclic) bond motifs is 5. The van der Waals surface area contributed by atoms with Gasteiger partial charge in [0.25, 0.3) is 5.79 Å². The Morgan fingerprint density at radius 3 is 2.38 bits per heavy atom. The fourth-order valence-electron chi connectivity index (χ4n) is 9.94. The van der Waals surface area contributed by atoms with Gasteiger partial charge in [-0.1, -0.05) is 20.8 Å². The molecule has 40 heavy (non-hydrogen) atoms. The average molecular weight is 575 g/mol. The molecule has 0 N–H and O–H groups in total. The first-order chi connectivity index (χ1) is 18.6. The second kappa shape index (κ2) is 10.1. The highest BCUT2D eigenvalue weighted by Crippen LogP contribution is 2.70. The zero-order valence-electron chi connectivity index (χ0n) is 24.6. The van der Waals surface area contributed by atoms with Gasteiger partial charge in [-0.05, 0) is 85.9 Å². The normalized spacial score (nSPS) is 47.2. The first-order valence-electron chi connectivity index (χ1n) is 15.0. The molecule has 0 aromatic carbocycles. The maximum atomic E-state index is 13.6. The van der Waals surface area contributed by atoms with E-state index in [1.807, 2.05) is 0 Å². The van der Waals surface area contributed by atoms with Gasteiger partial charge in [0.15, 0.2) is 0 Å². The third-order valence-corrected chi connectivity index (χ3v) is 12.1. The molecule has 5 fully saturated rings. The number of esters is 2. The van der Waals surface area contributed by atoms with Gasteiger partial charge in [0, 0.05) is 38.5 Å². The molecule has 5 rings (SSSR count). The lowest BCUT2D eigenvalue weighted by Gasteiger charge is -2.63. The van der Waals surface area contributed by atoms with Crippen molar-refractivity contribution in [1.29, 1.82) is 0 Å². The van der Waals surface area contributed by atoms with Crippen LogP contribution in [-0.4, -0.2) is 42.9 Å². The van der Waals surface area contributed by atoms with Crippen LogP contribution in [0.3, 0.4) is 0 Å². The van der Waals surface area contributed by atoms with Gasteiger partial charge in [-0.25, -0.2) is 0 Å². The van der Waals surface area contributed by atoms with E-state index in [0.29, 0.717) is 43.4 Å². The number of hydrogen-bond donors (Lipinski definition) is 0. The summed E-state index contributed by atoms with van der Waals surface area (Å²) in [5.74, 6) is -2.82. The van der Waals surface area contributed by atoms with Crippen LogP contribution in [0.2, 0.25) is 0 Å². The predicted molar refractivity (Wildman–Crippen MR) is 137 cm³/mol. The van der Waals surface area contributed by atoms with E-state index in [4.69, 9.17) is 24.0 Å². The van der Waals surface area contributed by atoms with Crippen molar-refractivity contribution in [2.75, 3.05) is 7.11 Å². The highest BCUT2D eigenvalue weighted by atomic mass is 19.4. The molecule has 228 valence electrons. The molecular weight excluding hydrogens is 529 g/mol. The van der Waals surface area contributed by atoms with Crippen LogP contribution in [0.5, 0.6) is 0 Å². The Morgan fingerprint density at radius 2 is 1.75 bits per heavy atom. The maximum Gasteiger partial charge on any atom is 0.446 e. The number of carbonyl (C=O) groups is 2. The third-order valence-electron chi connectivity index (χ3n) is 12.1. The van der Waals surface area contributed by atoms with Gasteiger partial charge >= 0.3 is 18.1 Å². The molecule has 1 saturated heterocycles. The molecule has 0 radical (unpaired) electrons. The predicted octanol–water partition coefficient (Wildman–Crippen LogP) is 6.73. The molecule has 4 aliphatic carbocycles. The summed E-state index contributed by atoms with van der Waals surface area (Å²) in [4.78, 5) is 34.4. The third kappa shape index (κ3) is 4.68. The molecule has 4 saturated carbocycles. The summed E-state index contributed by atoms with van der Waals surface area (Å²) in [6.45, 7) is 9.13. The van der Waals surface area contributed by atoms with Gasteiger partial charge in [-0.2, -0.15) is 22.9 Å². The van der Waals surface area contributed by atoms with Gasteiger partial charge in [0.05, 0.1) is 7.11 Å². The Bertz CT molecular complexity index is 1000. The van der Waals surface area contributed by atoms with E-state index < -0.39 is 17.8 Å². The van der Waals surface area contributed by atoms with Gasteiger partial charge in [-0.15, -0.1) is 0 Å². The average Bonchev–Trinajstić information content (AvgIpc) is 3.41. The minimum absolute atomic E-state index is 0.111. The number of rotatable bonds is 5. The van der Waals surface area contributed by atoms with E-state index in [-0.39, 0.29) is 46.6 Å². The molecule has 1 aliphatic heterocycles. The molecule has 7 nitrogen and oxygen atoms in total. The Labute approximate surface area is 235 Å². The molecule has 0 aromatic rings. The molecular formula is C30H45F3O7. The highest BCUT2D eigenvalue weighted by Gasteiger charge is 2.70. The fourth-order valence-corrected chi connectivity index (χ4v) is 9.94. The van der Waals surface area contributed by atoms with Crippen LogP contribution in [-0.2, 0) is 33.6 Å². The van der Waals surface area contributed by atoms with Crippen LogP contribution in [0, 0.1) is 46.3 Å². The van der Waals surface area contributed by atoms with E-state index >= 15 is 0 Å². The molecule has 5 aliphatic rings.